The molecule has 0 atom stereocenters. The Bertz CT molecular complexity index is 57.1. The van der Waals surface area contributed by atoms with E-state index >= 15 is 0 Å². The first-order chi connectivity index (χ1) is 2.64. The van der Waals surface area contributed by atoms with Crippen LogP contribution in [0.2, 0.25) is 0 Å². The number of amidine groups is 1. The fraction of sp³-hybridized carbons (Fsp3) is 0.800. The monoisotopic (exact) mass is 102 g/mol. The van der Waals surface area contributed by atoms with E-state index in [1.54, 1.807) is 0 Å². The average Bonchev–Trinajstić information content (AvgIpc) is 1.36. The first kappa shape index (κ1) is 9.69. The molecule has 0 heterocycles. The molecular formula is C5H14N2. The fourth-order valence-corrected chi connectivity index (χ4v) is 0. The summed E-state index contributed by atoms with van der Waals surface area (Å²) in [5, 5.41) is 6.73. The normalized spacial score (nSPS) is 7.86. The van der Waals surface area contributed by atoms with Gasteiger partial charge in [0.1, 0.15) is 0 Å². The summed E-state index contributed by atoms with van der Waals surface area (Å²) >= 11 is 0. The lowest BCUT2D eigenvalue weighted by atomic mass is 10.2. The topological polar surface area (TPSA) is 49.9 Å². The van der Waals surface area contributed by atoms with E-state index in [2.05, 4.69) is 0 Å². The Kier molecular flexibility index (Phi) is 5.06. The molecule has 0 bridgehead atoms. The van der Waals surface area contributed by atoms with Crippen molar-refractivity contribution in [3.63, 3.8) is 0 Å². The summed E-state index contributed by atoms with van der Waals surface area (Å²) in [6.45, 7) is 3.78. The highest BCUT2D eigenvalue weighted by atomic mass is 14.7. The van der Waals surface area contributed by atoms with Crippen molar-refractivity contribution in [2.24, 2.45) is 11.7 Å². The van der Waals surface area contributed by atoms with E-state index in [1.807, 2.05) is 13.8 Å². The predicted molar refractivity (Wildman–Crippen MR) is 33.5 cm³/mol. The smallest absolute Gasteiger partial charge is 0.0931 e. The van der Waals surface area contributed by atoms with Crippen molar-refractivity contribution in [2.45, 2.75) is 21.3 Å². The zero-order valence-electron chi connectivity index (χ0n) is 4.15. The van der Waals surface area contributed by atoms with Gasteiger partial charge in [0.2, 0.25) is 0 Å². The number of hydrogen-bond acceptors (Lipinski definition) is 1. The molecule has 0 radical (unpaired) electrons. The molecule has 2 nitrogen and oxygen atoms in total. The minimum atomic E-state index is 0. The van der Waals surface area contributed by atoms with Crippen LogP contribution in [-0.2, 0) is 0 Å². The van der Waals surface area contributed by atoms with Crippen molar-refractivity contribution < 1.29 is 0 Å². The molecule has 0 spiro atoms. The van der Waals surface area contributed by atoms with Gasteiger partial charge >= 0.3 is 0 Å². The first-order valence-corrected chi connectivity index (χ1v) is 1.98. The van der Waals surface area contributed by atoms with Gasteiger partial charge in [-0.05, 0) is 0 Å². The molecule has 0 aliphatic carbocycles. The zero-order chi connectivity index (χ0) is 5.15. The summed E-state index contributed by atoms with van der Waals surface area (Å²) in [5.74, 6) is 0.472. The lowest BCUT2D eigenvalue weighted by molar-refractivity contribution is 0.865. The molecule has 44 valence electrons. The van der Waals surface area contributed by atoms with E-state index in [0.717, 1.165) is 0 Å². The molecule has 0 aromatic heterocycles. The van der Waals surface area contributed by atoms with Crippen LogP contribution in [0.25, 0.3) is 0 Å². The van der Waals surface area contributed by atoms with E-state index in [4.69, 9.17) is 11.1 Å². The van der Waals surface area contributed by atoms with Crippen molar-refractivity contribution in [1.82, 2.24) is 0 Å². The number of hydrogen-bond donors (Lipinski definition) is 2. The molecule has 0 aliphatic rings. The SMILES string of the molecule is C.CC(C)C(=N)N. The lowest BCUT2D eigenvalue weighted by Gasteiger charge is -1.95. The molecule has 0 fully saturated rings. The van der Waals surface area contributed by atoms with Crippen LogP contribution in [0.4, 0.5) is 0 Å². The average molecular weight is 102 g/mol. The molecule has 2 heteroatoms. The number of nitrogens with two attached hydrogens (primary N) is 1. The Morgan fingerprint density at radius 2 is 1.71 bits per heavy atom. The molecule has 0 rings (SSSR count). The van der Waals surface area contributed by atoms with Gasteiger partial charge in [-0.3, -0.25) is 5.41 Å². The summed E-state index contributed by atoms with van der Waals surface area (Å²) in [7, 11) is 0. The second-order valence-electron chi connectivity index (χ2n) is 1.61. The Morgan fingerprint density at radius 1 is 1.57 bits per heavy atom. The molecule has 0 aromatic carbocycles. The van der Waals surface area contributed by atoms with Gasteiger partial charge < -0.3 is 5.73 Å². The van der Waals surface area contributed by atoms with Gasteiger partial charge in [-0.25, -0.2) is 0 Å². The molecular weight excluding hydrogens is 88.1 g/mol. The van der Waals surface area contributed by atoms with E-state index in [9.17, 15) is 0 Å². The van der Waals surface area contributed by atoms with Gasteiger partial charge in [0.15, 0.2) is 0 Å². The Balaban J connectivity index is 0. The molecule has 0 saturated carbocycles. The summed E-state index contributed by atoms with van der Waals surface area (Å²) in [5.41, 5.74) is 5.02. The predicted octanol–water partition coefficient (Wildman–Crippen LogP) is 1.21. The molecule has 0 amide bonds. The van der Waals surface area contributed by atoms with Crippen LogP contribution in [0.1, 0.15) is 21.3 Å². The maximum Gasteiger partial charge on any atom is 0.0931 e. The Morgan fingerprint density at radius 3 is 1.71 bits per heavy atom. The minimum Gasteiger partial charge on any atom is -0.387 e. The van der Waals surface area contributed by atoms with Crippen LogP contribution in [-0.4, -0.2) is 5.84 Å². The molecule has 7 heavy (non-hydrogen) atoms. The zero-order valence-corrected chi connectivity index (χ0v) is 4.15. The van der Waals surface area contributed by atoms with E-state index < -0.39 is 0 Å². The first-order valence-electron chi connectivity index (χ1n) is 1.98. The van der Waals surface area contributed by atoms with Gasteiger partial charge in [-0.15, -0.1) is 0 Å². The van der Waals surface area contributed by atoms with Gasteiger partial charge in [0, 0.05) is 5.92 Å². The minimum absolute atomic E-state index is 0. The van der Waals surface area contributed by atoms with Gasteiger partial charge in [0.05, 0.1) is 5.84 Å². The highest BCUT2D eigenvalue weighted by Gasteiger charge is 1.91. The molecule has 3 N–H and O–H groups in total. The number of rotatable bonds is 1. The van der Waals surface area contributed by atoms with Gasteiger partial charge in [0.25, 0.3) is 0 Å². The summed E-state index contributed by atoms with van der Waals surface area (Å²) in [6.07, 6.45) is 0. The van der Waals surface area contributed by atoms with E-state index in [1.165, 1.54) is 0 Å². The third-order valence-electron chi connectivity index (χ3n) is 0.622. The highest BCUT2D eigenvalue weighted by Crippen LogP contribution is 1.85. The molecule has 0 aliphatic heterocycles. The van der Waals surface area contributed by atoms with Gasteiger partial charge in [-0.1, -0.05) is 21.3 Å². The summed E-state index contributed by atoms with van der Waals surface area (Å²) in [4.78, 5) is 0. The van der Waals surface area contributed by atoms with Crippen LogP contribution in [0.15, 0.2) is 0 Å². The quantitative estimate of drug-likeness (QED) is 0.379. The molecule has 0 unspecified atom stereocenters. The fourth-order valence-electron chi connectivity index (χ4n) is 0. The van der Waals surface area contributed by atoms with E-state index in [0.29, 0.717) is 0 Å². The van der Waals surface area contributed by atoms with Crippen molar-refractivity contribution in [3.05, 3.63) is 0 Å². The lowest BCUT2D eigenvalue weighted by Crippen LogP contribution is -2.16. The maximum atomic E-state index is 6.73. The molecule has 0 aromatic rings. The number of nitrogens with one attached hydrogen (secondary N) is 1. The van der Waals surface area contributed by atoms with E-state index in [-0.39, 0.29) is 19.2 Å². The summed E-state index contributed by atoms with van der Waals surface area (Å²) < 4.78 is 0. The Labute approximate surface area is 45.2 Å². The second-order valence-corrected chi connectivity index (χ2v) is 1.61. The largest absolute Gasteiger partial charge is 0.387 e. The maximum absolute atomic E-state index is 6.73. The van der Waals surface area contributed by atoms with Crippen LogP contribution in [0, 0.1) is 11.3 Å². The van der Waals surface area contributed by atoms with Crippen LogP contribution in [0.3, 0.4) is 0 Å². The highest BCUT2D eigenvalue weighted by molar-refractivity contribution is 5.78. The van der Waals surface area contributed by atoms with Gasteiger partial charge in [-0.2, -0.15) is 0 Å². The third kappa shape index (κ3) is 5.47. The second kappa shape index (κ2) is 3.65. The molecule has 0 saturated heterocycles. The Hall–Kier alpha value is -0.530. The standard InChI is InChI=1S/C4H10N2.CH4/c1-3(2)4(5)6;/h3H,1-2H3,(H3,5,6);1H4. The van der Waals surface area contributed by atoms with Crippen LogP contribution < -0.4 is 5.73 Å². The van der Waals surface area contributed by atoms with Crippen LogP contribution in [0.5, 0.6) is 0 Å². The van der Waals surface area contributed by atoms with Crippen molar-refractivity contribution in [2.75, 3.05) is 0 Å². The summed E-state index contributed by atoms with van der Waals surface area (Å²) in [6, 6.07) is 0. The van der Waals surface area contributed by atoms with Crippen molar-refractivity contribution in [3.8, 4) is 0 Å². The third-order valence-corrected chi connectivity index (χ3v) is 0.622. The van der Waals surface area contributed by atoms with Crippen molar-refractivity contribution in [1.29, 1.82) is 5.41 Å². The van der Waals surface area contributed by atoms with Crippen LogP contribution >= 0.6 is 0 Å². The van der Waals surface area contributed by atoms with Crippen molar-refractivity contribution >= 4 is 5.84 Å².